The molecular formula is C6H11N5O. The minimum atomic E-state index is -0.438. The third-order valence-electron chi connectivity index (χ3n) is 1.58. The Bertz CT molecular complexity index is 292. The van der Waals surface area contributed by atoms with Gasteiger partial charge in [-0.2, -0.15) is 0 Å². The molecule has 66 valence electrons. The number of aromatic nitrogens is 3. The summed E-state index contributed by atoms with van der Waals surface area (Å²) in [5.74, 6) is -0.438. The normalized spacial score (nSPS) is 10.2. The van der Waals surface area contributed by atoms with E-state index in [-0.39, 0.29) is 6.54 Å². The van der Waals surface area contributed by atoms with Gasteiger partial charge in [-0.25, -0.2) is 4.68 Å². The first-order chi connectivity index (χ1) is 5.65. The lowest BCUT2D eigenvalue weighted by Gasteiger charge is -1.98. The molecule has 1 rings (SSSR count). The lowest BCUT2D eigenvalue weighted by molar-refractivity contribution is -0.118. The highest BCUT2D eigenvalue weighted by atomic mass is 16.1. The summed E-state index contributed by atoms with van der Waals surface area (Å²) in [7, 11) is 0. The van der Waals surface area contributed by atoms with Gasteiger partial charge in [0.1, 0.15) is 6.54 Å². The van der Waals surface area contributed by atoms with Crippen molar-refractivity contribution >= 4 is 5.91 Å². The van der Waals surface area contributed by atoms with E-state index in [9.17, 15) is 4.79 Å². The Kier molecular flexibility index (Phi) is 2.39. The number of nitrogens with two attached hydrogens (primary N) is 2. The summed E-state index contributed by atoms with van der Waals surface area (Å²) >= 11 is 0. The van der Waals surface area contributed by atoms with Crippen LogP contribution in [0.25, 0.3) is 0 Å². The van der Waals surface area contributed by atoms with Gasteiger partial charge >= 0.3 is 0 Å². The molecule has 6 nitrogen and oxygen atoms in total. The number of amides is 1. The maximum absolute atomic E-state index is 10.5. The first-order valence-electron chi connectivity index (χ1n) is 3.52. The molecule has 0 atom stereocenters. The van der Waals surface area contributed by atoms with E-state index in [2.05, 4.69) is 10.3 Å². The molecule has 0 unspecified atom stereocenters. The van der Waals surface area contributed by atoms with Crippen LogP contribution in [0.4, 0.5) is 0 Å². The molecule has 0 saturated heterocycles. The molecular weight excluding hydrogens is 158 g/mol. The average Bonchev–Trinajstić information content (AvgIpc) is 2.32. The largest absolute Gasteiger partial charge is 0.368 e. The summed E-state index contributed by atoms with van der Waals surface area (Å²) in [6.07, 6.45) is 0. The van der Waals surface area contributed by atoms with E-state index < -0.39 is 5.91 Å². The van der Waals surface area contributed by atoms with Crippen molar-refractivity contribution in [1.29, 1.82) is 0 Å². The summed E-state index contributed by atoms with van der Waals surface area (Å²) in [4.78, 5) is 10.5. The number of rotatable bonds is 3. The Labute approximate surface area is 69.5 Å². The predicted molar refractivity (Wildman–Crippen MR) is 41.8 cm³/mol. The van der Waals surface area contributed by atoms with Gasteiger partial charge in [0, 0.05) is 6.54 Å². The van der Waals surface area contributed by atoms with Gasteiger partial charge < -0.3 is 11.5 Å². The molecule has 0 radical (unpaired) electrons. The number of hydrogen-bond donors (Lipinski definition) is 2. The highest BCUT2D eigenvalue weighted by Crippen LogP contribution is 2.01. The number of hydrogen-bond acceptors (Lipinski definition) is 4. The molecule has 0 aromatic carbocycles. The summed E-state index contributed by atoms with van der Waals surface area (Å²) < 4.78 is 1.44. The molecule has 6 heteroatoms. The summed E-state index contributed by atoms with van der Waals surface area (Å²) in [6, 6.07) is 0. The van der Waals surface area contributed by atoms with Crippen LogP contribution in [0, 0.1) is 6.92 Å². The maximum Gasteiger partial charge on any atom is 0.239 e. The van der Waals surface area contributed by atoms with E-state index in [1.807, 2.05) is 0 Å². The van der Waals surface area contributed by atoms with Crippen LogP contribution in [0.5, 0.6) is 0 Å². The lowest BCUT2D eigenvalue weighted by Crippen LogP contribution is -2.20. The van der Waals surface area contributed by atoms with Crippen LogP contribution in [-0.4, -0.2) is 20.9 Å². The summed E-state index contributed by atoms with van der Waals surface area (Å²) in [5, 5.41) is 7.48. The van der Waals surface area contributed by atoms with Crippen LogP contribution < -0.4 is 11.5 Å². The Morgan fingerprint density at radius 1 is 1.67 bits per heavy atom. The minimum absolute atomic E-state index is 0.0544. The van der Waals surface area contributed by atoms with Crippen LogP contribution in [0.3, 0.4) is 0 Å². The number of nitrogens with zero attached hydrogens (tertiary/aromatic N) is 3. The second-order valence-corrected chi connectivity index (χ2v) is 2.45. The number of primary amides is 1. The fourth-order valence-corrected chi connectivity index (χ4v) is 0.883. The van der Waals surface area contributed by atoms with Crippen molar-refractivity contribution in [2.24, 2.45) is 11.5 Å². The van der Waals surface area contributed by atoms with Crippen LogP contribution in [0.2, 0.25) is 0 Å². The molecule has 4 N–H and O–H groups in total. The molecule has 0 fully saturated rings. The van der Waals surface area contributed by atoms with E-state index in [1.54, 1.807) is 6.92 Å². The van der Waals surface area contributed by atoms with Gasteiger partial charge in [0.05, 0.1) is 11.4 Å². The van der Waals surface area contributed by atoms with Gasteiger partial charge in [0.2, 0.25) is 5.91 Å². The first kappa shape index (κ1) is 8.66. The molecule has 0 saturated carbocycles. The minimum Gasteiger partial charge on any atom is -0.368 e. The second kappa shape index (κ2) is 3.31. The van der Waals surface area contributed by atoms with E-state index in [1.165, 1.54) is 4.68 Å². The summed E-state index contributed by atoms with van der Waals surface area (Å²) in [6.45, 7) is 2.18. The third-order valence-corrected chi connectivity index (χ3v) is 1.58. The Morgan fingerprint density at radius 2 is 2.33 bits per heavy atom. The van der Waals surface area contributed by atoms with Gasteiger partial charge in [0.15, 0.2) is 0 Å². The first-order valence-corrected chi connectivity index (χ1v) is 3.52. The standard InChI is InChI=1S/C6H11N5O/c1-4-5(2-7)9-10-11(4)3-6(8)12/h2-3,7H2,1H3,(H2,8,12). The highest BCUT2D eigenvalue weighted by molar-refractivity contribution is 5.73. The van der Waals surface area contributed by atoms with Crippen LogP contribution >= 0.6 is 0 Å². The Morgan fingerprint density at radius 3 is 2.75 bits per heavy atom. The molecule has 0 spiro atoms. The number of carbonyl (C=O) groups excluding carboxylic acids is 1. The van der Waals surface area contributed by atoms with Gasteiger partial charge in [-0.3, -0.25) is 4.79 Å². The van der Waals surface area contributed by atoms with Crippen molar-refractivity contribution in [1.82, 2.24) is 15.0 Å². The molecule has 0 bridgehead atoms. The van der Waals surface area contributed by atoms with E-state index >= 15 is 0 Å². The van der Waals surface area contributed by atoms with Gasteiger partial charge in [0.25, 0.3) is 0 Å². The van der Waals surface area contributed by atoms with Crippen LogP contribution in [0.1, 0.15) is 11.4 Å². The highest BCUT2D eigenvalue weighted by Gasteiger charge is 2.07. The second-order valence-electron chi connectivity index (χ2n) is 2.45. The smallest absolute Gasteiger partial charge is 0.239 e. The molecule has 0 aliphatic carbocycles. The van der Waals surface area contributed by atoms with Crippen LogP contribution in [0.15, 0.2) is 0 Å². The molecule has 12 heavy (non-hydrogen) atoms. The molecule has 1 aromatic rings. The zero-order chi connectivity index (χ0) is 9.14. The molecule has 0 aliphatic heterocycles. The zero-order valence-corrected chi connectivity index (χ0v) is 6.82. The third kappa shape index (κ3) is 1.59. The van der Waals surface area contributed by atoms with Gasteiger partial charge in [-0.1, -0.05) is 5.21 Å². The van der Waals surface area contributed by atoms with E-state index in [4.69, 9.17) is 11.5 Å². The topological polar surface area (TPSA) is 99.8 Å². The van der Waals surface area contributed by atoms with Crippen molar-refractivity contribution < 1.29 is 4.79 Å². The quantitative estimate of drug-likeness (QED) is 0.577. The van der Waals surface area contributed by atoms with E-state index in [0.29, 0.717) is 12.2 Å². The predicted octanol–water partition coefficient (Wildman–Crippen LogP) is -1.47. The van der Waals surface area contributed by atoms with Gasteiger partial charge in [-0.05, 0) is 6.92 Å². The van der Waals surface area contributed by atoms with Gasteiger partial charge in [-0.15, -0.1) is 5.10 Å². The average molecular weight is 169 g/mol. The SMILES string of the molecule is Cc1c(CN)nnn1CC(N)=O. The van der Waals surface area contributed by atoms with Crippen LogP contribution in [-0.2, 0) is 17.9 Å². The maximum atomic E-state index is 10.5. The number of carbonyl (C=O) groups is 1. The molecule has 0 aliphatic rings. The van der Waals surface area contributed by atoms with Crippen molar-refractivity contribution in [2.45, 2.75) is 20.0 Å². The Hall–Kier alpha value is -1.43. The zero-order valence-electron chi connectivity index (χ0n) is 6.82. The fourth-order valence-electron chi connectivity index (χ4n) is 0.883. The van der Waals surface area contributed by atoms with Crippen molar-refractivity contribution in [3.05, 3.63) is 11.4 Å². The van der Waals surface area contributed by atoms with Crippen molar-refractivity contribution in [3.63, 3.8) is 0 Å². The molecule has 1 amide bonds. The van der Waals surface area contributed by atoms with Crippen molar-refractivity contribution in [2.75, 3.05) is 0 Å². The summed E-state index contributed by atoms with van der Waals surface area (Å²) in [5.41, 5.74) is 11.8. The molecule has 1 heterocycles. The monoisotopic (exact) mass is 169 g/mol. The Balaban J connectivity index is 2.87. The lowest BCUT2D eigenvalue weighted by atomic mass is 10.3. The van der Waals surface area contributed by atoms with Crippen molar-refractivity contribution in [3.8, 4) is 0 Å². The van der Waals surface area contributed by atoms with E-state index in [0.717, 1.165) is 5.69 Å². The fraction of sp³-hybridized carbons (Fsp3) is 0.500. The molecule has 1 aromatic heterocycles.